The van der Waals surface area contributed by atoms with Crippen LogP contribution in [-0.2, 0) is 0 Å². The third-order valence-corrected chi connectivity index (χ3v) is 18.6. The number of aromatic nitrogens is 6. The lowest BCUT2D eigenvalue weighted by molar-refractivity contribution is 0.624. The first kappa shape index (κ1) is 53.5. The van der Waals surface area contributed by atoms with Crippen molar-refractivity contribution in [2.24, 2.45) is 0 Å². The molecule has 5 unspecified atom stereocenters. The Morgan fingerprint density at radius 2 is 0.620 bits per heavy atom. The minimum absolute atomic E-state index is 0. The highest BCUT2D eigenvalue weighted by molar-refractivity contribution is 7.86. The van der Waals surface area contributed by atoms with Gasteiger partial charge in [0.15, 0.2) is 0 Å². The summed E-state index contributed by atoms with van der Waals surface area (Å²) in [6, 6.07) is 65.3. The molecule has 0 bridgehead atoms. The zero-order valence-corrected chi connectivity index (χ0v) is 46.6. The summed E-state index contributed by atoms with van der Waals surface area (Å²) in [5, 5.41) is 14.9. The van der Waals surface area contributed by atoms with Crippen molar-refractivity contribution in [2.45, 2.75) is 7.43 Å². The van der Waals surface area contributed by atoms with Crippen LogP contribution in [0, 0.1) is 0 Å². The molecule has 8 aromatic carbocycles. The van der Waals surface area contributed by atoms with Gasteiger partial charge in [-0.05, 0) is 82.0 Å². The van der Waals surface area contributed by atoms with E-state index in [0.717, 1.165) is 83.2 Å². The molecule has 396 valence electrons. The first-order valence-corrected chi connectivity index (χ1v) is 31.5. The van der Waals surface area contributed by atoms with E-state index >= 15 is 0 Å². The average Bonchev–Trinajstić information content (AvgIpc) is 3.52. The largest absolute Gasteiger partial charge is 0.453 e. The van der Waals surface area contributed by atoms with Gasteiger partial charge in [0.05, 0.1) is 0 Å². The van der Waals surface area contributed by atoms with Gasteiger partial charge in [-0.2, -0.15) is 29.9 Å². The van der Waals surface area contributed by atoms with E-state index in [2.05, 4.69) is 102 Å². The number of nitrogen functional groups attached to an aromatic ring is 3. The van der Waals surface area contributed by atoms with Crippen LogP contribution < -0.4 is 71.8 Å². The molecular weight excluding hydrogens is 1130 g/mol. The van der Waals surface area contributed by atoms with Crippen LogP contribution in [-0.4, -0.2) is 36.2 Å². The molecule has 0 aliphatic carbocycles. The summed E-state index contributed by atoms with van der Waals surface area (Å²) in [6.07, 6.45) is 0. The van der Waals surface area contributed by atoms with Crippen molar-refractivity contribution in [1.29, 1.82) is 1.43 Å². The fraction of sp³-hybridized carbons (Fsp3) is 0.0182. The summed E-state index contributed by atoms with van der Waals surface area (Å²) in [7, 11) is -5.38. The van der Waals surface area contributed by atoms with Crippen molar-refractivity contribution in [3.05, 3.63) is 194 Å². The highest BCUT2D eigenvalue weighted by Crippen LogP contribution is 2.53. The lowest BCUT2D eigenvalue weighted by Crippen LogP contribution is -2.22. The van der Waals surface area contributed by atoms with E-state index in [0.29, 0.717) is 17.8 Å². The minimum atomic E-state index is -1.38. The van der Waals surface area contributed by atoms with Gasteiger partial charge in [0.1, 0.15) is 31.2 Å². The molecule has 4 aliphatic rings. The van der Waals surface area contributed by atoms with E-state index in [9.17, 15) is 0 Å². The van der Waals surface area contributed by atoms with E-state index in [1.807, 2.05) is 127 Å². The van der Waals surface area contributed by atoms with Gasteiger partial charge >= 0.3 is 0 Å². The molecule has 10 N–H and O–H groups in total. The highest BCUT2D eigenvalue weighted by Gasteiger charge is 2.32. The van der Waals surface area contributed by atoms with Gasteiger partial charge in [0.2, 0.25) is 69.5 Å². The Morgan fingerprint density at radius 3 is 0.924 bits per heavy atom. The van der Waals surface area contributed by atoms with Gasteiger partial charge in [-0.1, -0.05) is 164 Å². The smallest absolute Gasteiger partial charge is 0.235 e. The van der Waals surface area contributed by atoms with Gasteiger partial charge < -0.3 is 40.2 Å². The first-order valence-electron chi connectivity index (χ1n) is 24.0. The van der Waals surface area contributed by atoms with Crippen LogP contribution in [0.25, 0.3) is 44.5 Å². The number of nitrogens with two attached hydrogens (primary N) is 3. The van der Waals surface area contributed by atoms with Crippen LogP contribution in [0.1, 0.15) is 7.43 Å². The van der Waals surface area contributed by atoms with Gasteiger partial charge in [-0.3, -0.25) is 15.3 Å². The molecule has 17 nitrogen and oxygen atoms in total. The van der Waals surface area contributed by atoms with E-state index < -0.39 is 32.4 Å². The number of nitrogens with one attached hydrogen (secondary N) is 3. The summed E-state index contributed by atoms with van der Waals surface area (Å²) < 4.78 is 31.3. The monoisotopic (exact) mass is 1180 g/mol. The van der Waals surface area contributed by atoms with E-state index in [1.54, 1.807) is 0 Å². The predicted octanol–water partition coefficient (Wildman–Crippen LogP) is 13.1. The van der Waals surface area contributed by atoms with Crippen LogP contribution in [0.5, 0.6) is 23.0 Å². The molecule has 0 amide bonds. The topological polar surface area (TPSA) is 249 Å². The molecule has 14 rings (SSSR count). The normalized spacial score (nSPS) is 16.1. The van der Waals surface area contributed by atoms with Crippen LogP contribution in [0.3, 0.4) is 0 Å². The number of hydrogen-bond donors (Lipinski definition) is 7. The molecule has 0 spiro atoms. The third-order valence-electron chi connectivity index (χ3n) is 11.8. The van der Waals surface area contributed by atoms with Crippen LogP contribution in [0.15, 0.2) is 194 Å². The molecule has 24 heteroatoms. The number of anilines is 6. The lowest BCUT2D eigenvalue weighted by Gasteiger charge is -2.30. The summed E-state index contributed by atoms with van der Waals surface area (Å²) in [5.41, 5.74) is 24.3. The molecule has 5 atom stereocenters. The van der Waals surface area contributed by atoms with Crippen molar-refractivity contribution in [3.8, 4) is 67.5 Å². The molecule has 0 saturated heterocycles. The van der Waals surface area contributed by atoms with Crippen molar-refractivity contribution >= 4 is 120 Å². The van der Waals surface area contributed by atoms with Crippen LogP contribution in [0.2, 0.25) is 0 Å². The average molecular weight is 1180 g/mol. The number of hydrogen-bond acceptors (Lipinski definition) is 17. The van der Waals surface area contributed by atoms with E-state index in [1.165, 1.54) is 5.56 Å². The fourth-order valence-corrected chi connectivity index (χ4v) is 14.9. The van der Waals surface area contributed by atoms with Gasteiger partial charge in [0.25, 0.3) is 0 Å². The Hall–Kier alpha value is -7.53. The molecular formula is C55H47Cl2N12O5P5. The molecule has 0 fully saturated rings. The number of rotatable bonds is 7. The quantitative estimate of drug-likeness (QED) is 0.0733. The number of para-hydroxylation sites is 4. The number of halogens is 2. The third kappa shape index (κ3) is 12.2. The van der Waals surface area contributed by atoms with Crippen molar-refractivity contribution < 1.29 is 23.0 Å². The Balaban J connectivity index is 0.000000202. The fourth-order valence-electron chi connectivity index (χ4n) is 8.62. The second-order valence-corrected chi connectivity index (χ2v) is 23.8. The molecule has 79 heavy (non-hydrogen) atoms. The molecule has 0 saturated carbocycles. The molecule has 6 heterocycles. The number of benzene rings is 8. The van der Waals surface area contributed by atoms with Crippen LogP contribution in [0.4, 0.5) is 35.7 Å². The predicted molar refractivity (Wildman–Crippen MR) is 329 cm³/mol. The highest BCUT2D eigenvalue weighted by atomic mass is 35.7. The Bertz CT molecular complexity index is 3500. The molecule has 0 radical (unpaired) electrons. The van der Waals surface area contributed by atoms with Crippen molar-refractivity contribution in [1.82, 2.24) is 29.9 Å². The van der Waals surface area contributed by atoms with E-state index in [-0.39, 0.29) is 33.4 Å². The van der Waals surface area contributed by atoms with Gasteiger partial charge in [-0.25, -0.2) is 0 Å². The molecule has 2 aromatic heterocycles. The summed E-state index contributed by atoms with van der Waals surface area (Å²) in [4.78, 5) is 28.8. The summed E-state index contributed by atoms with van der Waals surface area (Å²) in [6.45, 7) is 0. The Morgan fingerprint density at radius 1 is 0.380 bits per heavy atom. The van der Waals surface area contributed by atoms with E-state index in [4.69, 9.17) is 74.2 Å². The molecule has 10 aromatic rings. The maximum Gasteiger partial charge on any atom is 0.235 e. The second-order valence-electron chi connectivity index (χ2n) is 16.7. The van der Waals surface area contributed by atoms with Gasteiger partial charge in [0, 0.05) is 43.5 Å². The standard InChI is InChI=1S/C39H27N6O3P3.C12H8ClOP.C3H6N6.CH4.ClH2OP/c1-7-19-31-25(13-1)28-16-4-10-22-34(28)49(46-31)43-37-40-38(44-50-35-23-11-5-17-29(35)26-14-2-8-20-32(26)47-50)42-39(41-37)45-51-36-24-12-6-18-30(36)27-15-3-9-21-33(27)48-51;13-15-12-8-4-2-6-10(12)9-5-1-3-7-11(9)14-15;4-1-7-2(5)9-3(6)8-1;;1-3-2/h1-24H,(H3,40,41,42,43,44,45);1-8H;(H6,4,5,6,7,8,9);1H4;2-3H/i;;;;2D. The van der Waals surface area contributed by atoms with Crippen LogP contribution >= 0.6 is 63.0 Å². The maximum absolute atomic E-state index is 6.58. The zero-order valence-electron chi connectivity index (χ0n) is 41.5. The lowest BCUT2D eigenvalue weighted by atomic mass is 10.0. The van der Waals surface area contributed by atoms with Gasteiger partial charge in [-0.15, -0.1) is 0 Å². The maximum atomic E-state index is 6.58. The minimum Gasteiger partial charge on any atom is -0.453 e. The number of nitrogens with zero attached hydrogens (tertiary/aromatic N) is 6. The summed E-state index contributed by atoms with van der Waals surface area (Å²) in [5.74, 6) is 4.51. The Labute approximate surface area is 473 Å². The van der Waals surface area contributed by atoms with Crippen molar-refractivity contribution in [3.63, 3.8) is 0 Å². The Kier molecular flexibility index (Phi) is 17.0. The molecule has 4 aliphatic heterocycles. The number of fused-ring (bicyclic) bond motifs is 12. The first-order chi connectivity index (χ1) is 38.7. The zero-order chi connectivity index (χ0) is 54.2. The second kappa shape index (κ2) is 25.1. The SMILES string of the molecule is C.ClP1Oc2ccccc2-c2ccccc21.Nc1nc(N)nc(N)n1.[2H]OPCl.c1ccc2c(c1)OP(Nc1nc(NP3Oc4ccccc4-c4ccccc43)nc(NP3Oc4ccccc4-c4ccccc43)n1)c1ccccc1-2. The van der Waals surface area contributed by atoms with Crippen molar-refractivity contribution in [2.75, 3.05) is 32.5 Å². The summed E-state index contributed by atoms with van der Waals surface area (Å²) >= 11 is 11.0.